The summed E-state index contributed by atoms with van der Waals surface area (Å²) in [6.07, 6.45) is 18.1. The molecule has 2 atom stereocenters. The van der Waals surface area contributed by atoms with Gasteiger partial charge in [0.25, 0.3) is 0 Å². The third-order valence-electron chi connectivity index (χ3n) is 7.37. The Labute approximate surface area is 221 Å². The Hall–Kier alpha value is -4.77. The molecule has 1 heterocycles. The Morgan fingerprint density at radius 3 is 1.55 bits per heavy atom. The fourth-order valence-corrected chi connectivity index (χ4v) is 5.33. The second kappa shape index (κ2) is 9.60. The summed E-state index contributed by atoms with van der Waals surface area (Å²) in [6.45, 7) is 0. The third kappa shape index (κ3) is 4.02. The maximum absolute atomic E-state index is 10.8. The number of allylic oxidation sites excluding steroid dienone is 8. The van der Waals surface area contributed by atoms with Gasteiger partial charge in [-0.25, -0.2) is 15.0 Å². The number of aromatic nitrogens is 3. The number of rotatable bonds is 5. The molecule has 0 bridgehead atoms. The molecule has 0 saturated heterocycles. The Bertz CT molecular complexity index is 1500. The molecule has 2 aliphatic rings. The van der Waals surface area contributed by atoms with Crippen molar-refractivity contribution in [1.29, 1.82) is 0 Å². The first kappa shape index (κ1) is 23.6. The Morgan fingerprint density at radius 1 is 0.579 bits per heavy atom. The van der Waals surface area contributed by atoms with Crippen LogP contribution < -0.4 is 0 Å². The standard InChI is InChI=1S/C33H27N3O2/c37-26-17-18-27(28(38)23-26)29-34-30(32(19-9-3-10-20-32)24-13-5-1-6-14-24)36-31(35-29)33(21-11-4-12-22-33)25-15-7-2-8-16-25/h1-19,21,23,37-38H,20,22H2. The molecule has 5 heteroatoms. The second-order valence-corrected chi connectivity index (χ2v) is 9.67. The molecule has 0 amide bonds. The maximum atomic E-state index is 10.8. The lowest BCUT2D eigenvalue weighted by atomic mass is 9.73. The minimum Gasteiger partial charge on any atom is -0.508 e. The molecule has 0 saturated carbocycles. The molecule has 186 valence electrons. The van der Waals surface area contributed by atoms with Crippen molar-refractivity contribution in [2.45, 2.75) is 23.7 Å². The van der Waals surface area contributed by atoms with E-state index in [4.69, 9.17) is 15.0 Å². The molecule has 0 spiro atoms. The van der Waals surface area contributed by atoms with Crippen molar-refractivity contribution in [3.05, 3.63) is 150 Å². The summed E-state index contributed by atoms with van der Waals surface area (Å²) >= 11 is 0. The van der Waals surface area contributed by atoms with Gasteiger partial charge in [-0.3, -0.25) is 0 Å². The van der Waals surface area contributed by atoms with Gasteiger partial charge in [-0.05, 0) is 36.1 Å². The van der Waals surface area contributed by atoms with E-state index >= 15 is 0 Å². The van der Waals surface area contributed by atoms with Gasteiger partial charge >= 0.3 is 0 Å². The predicted octanol–water partition coefficient (Wildman–Crippen LogP) is 6.55. The normalized spacial score (nSPS) is 22.0. The van der Waals surface area contributed by atoms with Gasteiger partial charge in [-0.15, -0.1) is 0 Å². The van der Waals surface area contributed by atoms with Crippen LogP contribution in [0.3, 0.4) is 0 Å². The van der Waals surface area contributed by atoms with E-state index in [-0.39, 0.29) is 11.5 Å². The zero-order valence-electron chi connectivity index (χ0n) is 20.8. The van der Waals surface area contributed by atoms with Gasteiger partial charge in [0.15, 0.2) is 5.82 Å². The lowest BCUT2D eigenvalue weighted by molar-refractivity contribution is 0.451. The van der Waals surface area contributed by atoms with E-state index in [1.807, 2.05) is 60.7 Å². The topological polar surface area (TPSA) is 79.1 Å². The van der Waals surface area contributed by atoms with Crippen LogP contribution in [0.5, 0.6) is 11.5 Å². The minimum absolute atomic E-state index is 0.0250. The van der Waals surface area contributed by atoms with Crippen LogP contribution in [0.1, 0.15) is 35.6 Å². The van der Waals surface area contributed by atoms with Crippen LogP contribution in [0.25, 0.3) is 11.4 Å². The second-order valence-electron chi connectivity index (χ2n) is 9.67. The molecule has 2 unspecified atom stereocenters. The molecule has 38 heavy (non-hydrogen) atoms. The average Bonchev–Trinajstić information content (AvgIpc) is 2.98. The first-order valence-electron chi connectivity index (χ1n) is 12.7. The van der Waals surface area contributed by atoms with Gasteiger partial charge in [0, 0.05) is 6.07 Å². The highest BCUT2D eigenvalue weighted by atomic mass is 16.3. The Kier molecular flexibility index (Phi) is 5.97. The number of benzene rings is 3. The van der Waals surface area contributed by atoms with Gasteiger partial charge in [-0.2, -0.15) is 0 Å². The molecule has 0 aliphatic heterocycles. The van der Waals surface area contributed by atoms with Crippen LogP contribution in [-0.4, -0.2) is 25.2 Å². The molecule has 2 aliphatic carbocycles. The smallest absolute Gasteiger partial charge is 0.167 e. The van der Waals surface area contributed by atoms with Crippen LogP contribution in [-0.2, 0) is 10.8 Å². The number of aromatic hydroxyl groups is 2. The van der Waals surface area contributed by atoms with Crippen LogP contribution in [0.4, 0.5) is 0 Å². The number of nitrogens with zero attached hydrogens (tertiary/aromatic N) is 3. The quantitative estimate of drug-likeness (QED) is 0.327. The third-order valence-corrected chi connectivity index (χ3v) is 7.37. The fourth-order valence-electron chi connectivity index (χ4n) is 5.33. The molecule has 2 N–H and O–H groups in total. The van der Waals surface area contributed by atoms with Crippen LogP contribution >= 0.6 is 0 Å². The molecule has 6 rings (SSSR count). The SMILES string of the molecule is Oc1ccc(-c2nc(C3(c4ccccc4)C=CC=CC3)nc(C3(c4ccccc4)C=CC=CC3)n2)c(O)c1. The van der Waals surface area contributed by atoms with E-state index in [1.54, 1.807) is 6.07 Å². The van der Waals surface area contributed by atoms with E-state index in [9.17, 15) is 10.2 Å². The van der Waals surface area contributed by atoms with Crippen molar-refractivity contribution < 1.29 is 10.2 Å². The van der Waals surface area contributed by atoms with Gasteiger partial charge in [0.05, 0.1) is 16.4 Å². The van der Waals surface area contributed by atoms with Crippen molar-refractivity contribution in [1.82, 2.24) is 15.0 Å². The predicted molar refractivity (Wildman–Crippen MR) is 149 cm³/mol. The summed E-state index contributed by atoms with van der Waals surface area (Å²) in [6, 6.07) is 25.0. The molecule has 4 aromatic rings. The zero-order valence-corrected chi connectivity index (χ0v) is 20.8. The van der Waals surface area contributed by atoms with Crippen molar-refractivity contribution in [3.63, 3.8) is 0 Å². The van der Waals surface area contributed by atoms with Gasteiger partial charge in [0.2, 0.25) is 0 Å². The van der Waals surface area contributed by atoms with E-state index in [0.717, 1.165) is 11.1 Å². The van der Waals surface area contributed by atoms with Gasteiger partial charge in [-0.1, -0.05) is 109 Å². The van der Waals surface area contributed by atoms with Crippen LogP contribution in [0.15, 0.2) is 127 Å². The highest BCUT2D eigenvalue weighted by Gasteiger charge is 2.40. The molecule has 0 fully saturated rings. The average molecular weight is 498 g/mol. The summed E-state index contributed by atoms with van der Waals surface area (Å²) < 4.78 is 0. The van der Waals surface area contributed by atoms with Gasteiger partial charge < -0.3 is 10.2 Å². The number of hydrogen-bond acceptors (Lipinski definition) is 5. The van der Waals surface area contributed by atoms with Crippen molar-refractivity contribution in [3.8, 4) is 22.9 Å². The summed E-state index contributed by atoms with van der Waals surface area (Å²) in [5.74, 6) is 1.46. The van der Waals surface area contributed by atoms with Gasteiger partial charge in [0.1, 0.15) is 23.1 Å². The van der Waals surface area contributed by atoms with Crippen molar-refractivity contribution in [2.24, 2.45) is 0 Å². The highest BCUT2D eigenvalue weighted by molar-refractivity contribution is 5.66. The van der Waals surface area contributed by atoms with E-state index < -0.39 is 10.8 Å². The van der Waals surface area contributed by atoms with Crippen LogP contribution in [0.2, 0.25) is 0 Å². The fraction of sp³-hybridized carbons (Fsp3) is 0.121. The first-order chi connectivity index (χ1) is 18.6. The van der Waals surface area contributed by atoms with E-state index in [1.165, 1.54) is 12.1 Å². The number of phenols is 2. The summed E-state index contributed by atoms with van der Waals surface area (Å²) in [7, 11) is 0. The molecule has 1 aromatic heterocycles. The molecular weight excluding hydrogens is 470 g/mol. The summed E-state index contributed by atoms with van der Waals surface area (Å²) in [4.78, 5) is 15.2. The van der Waals surface area contributed by atoms with Crippen molar-refractivity contribution in [2.75, 3.05) is 0 Å². The zero-order chi connectivity index (χ0) is 26.0. The van der Waals surface area contributed by atoms with E-state index in [0.29, 0.717) is 35.9 Å². The lowest BCUT2D eigenvalue weighted by Crippen LogP contribution is -2.34. The van der Waals surface area contributed by atoms with Crippen LogP contribution in [0, 0.1) is 0 Å². The Morgan fingerprint density at radius 2 is 1.11 bits per heavy atom. The maximum Gasteiger partial charge on any atom is 0.167 e. The van der Waals surface area contributed by atoms with E-state index in [2.05, 4.69) is 48.6 Å². The number of phenolic OH excluding ortho intramolecular Hbond substituents is 2. The monoisotopic (exact) mass is 497 g/mol. The Balaban J connectivity index is 1.66. The molecular formula is C33H27N3O2. The van der Waals surface area contributed by atoms with Crippen molar-refractivity contribution >= 4 is 0 Å². The summed E-state index contributed by atoms with van der Waals surface area (Å²) in [5, 5.41) is 20.7. The lowest BCUT2D eigenvalue weighted by Gasteiger charge is -2.34. The molecule has 0 radical (unpaired) electrons. The largest absolute Gasteiger partial charge is 0.508 e. The highest BCUT2D eigenvalue weighted by Crippen LogP contribution is 2.43. The minimum atomic E-state index is -0.610. The summed E-state index contributed by atoms with van der Waals surface area (Å²) in [5.41, 5.74) is 1.37. The number of hydrogen-bond donors (Lipinski definition) is 2. The molecule has 5 nitrogen and oxygen atoms in total. The first-order valence-corrected chi connectivity index (χ1v) is 12.7. The molecule has 3 aromatic carbocycles.